The Morgan fingerprint density at radius 2 is 1.29 bits per heavy atom. The van der Waals surface area contributed by atoms with Crippen LogP contribution in [-0.2, 0) is 6.44 Å². The highest BCUT2D eigenvalue weighted by Gasteiger charge is 2.14. The number of aromatic nitrogens is 1. The average Bonchev–Trinajstić information content (AvgIpc) is 2.65. The lowest BCUT2D eigenvalue weighted by Gasteiger charge is -2.05. The smallest absolute Gasteiger partial charge is 0.426 e. The van der Waals surface area contributed by atoms with Gasteiger partial charge in [0.15, 0.2) is 0 Å². The minimum Gasteiger partial charge on any atom is -0.426 e. The van der Waals surface area contributed by atoms with Gasteiger partial charge in [0.1, 0.15) is 0 Å². The first-order valence-corrected chi connectivity index (χ1v) is 5.59. The molecule has 0 aliphatic rings. The van der Waals surface area contributed by atoms with Gasteiger partial charge in [0.2, 0.25) is 0 Å². The Labute approximate surface area is 99.1 Å². The Balaban J connectivity index is 2.41. The van der Waals surface area contributed by atoms with Crippen LogP contribution in [0, 0.1) is 0 Å². The van der Waals surface area contributed by atoms with Crippen molar-refractivity contribution in [3.8, 4) is 0 Å². The number of nitrogens with zero attached hydrogens (tertiary/aromatic N) is 1. The van der Waals surface area contributed by atoms with Gasteiger partial charge in [-0.15, -0.1) is 0 Å². The number of benzene rings is 2. The first kappa shape index (κ1) is 10.4. The van der Waals surface area contributed by atoms with Crippen LogP contribution in [0.25, 0.3) is 21.8 Å². The van der Waals surface area contributed by atoms with Crippen molar-refractivity contribution in [1.82, 2.24) is 4.57 Å². The fraction of sp³-hybridized carbons (Fsp3) is 0.0769. The Hall–Kier alpha value is -1.78. The summed E-state index contributed by atoms with van der Waals surface area (Å²) < 4.78 is 1.94. The maximum absolute atomic E-state index is 9.18. The van der Waals surface area contributed by atoms with Crippen molar-refractivity contribution in [3.05, 3.63) is 48.5 Å². The third-order valence-electron chi connectivity index (χ3n) is 3.03. The van der Waals surface area contributed by atoms with Gasteiger partial charge < -0.3 is 14.6 Å². The first-order chi connectivity index (χ1) is 8.27. The lowest BCUT2D eigenvalue weighted by atomic mass is 9.92. The van der Waals surface area contributed by atoms with E-state index in [4.69, 9.17) is 0 Å². The van der Waals surface area contributed by atoms with Crippen LogP contribution in [0.5, 0.6) is 0 Å². The Morgan fingerprint density at radius 3 is 1.76 bits per heavy atom. The van der Waals surface area contributed by atoms with E-state index in [1.165, 1.54) is 0 Å². The first-order valence-electron chi connectivity index (χ1n) is 5.59. The molecular formula is C13H12BNO2. The molecule has 1 aromatic heterocycles. The molecule has 2 aromatic carbocycles. The normalized spacial score (nSPS) is 11.2. The van der Waals surface area contributed by atoms with Crippen molar-refractivity contribution < 1.29 is 10.0 Å². The van der Waals surface area contributed by atoms with Crippen LogP contribution in [0.2, 0.25) is 0 Å². The molecule has 0 saturated heterocycles. The summed E-state index contributed by atoms with van der Waals surface area (Å²) in [5.74, 6) is 0. The third kappa shape index (κ3) is 1.62. The van der Waals surface area contributed by atoms with Gasteiger partial charge in [-0.25, -0.2) is 0 Å². The minimum atomic E-state index is -1.34. The highest BCUT2D eigenvalue weighted by atomic mass is 16.4. The SMILES string of the molecule is OB(O)Cn1c2ccccc2c2ccccc21. The number of fused-ring (bicyclic) bond motifs is 3. The maximum atomic E-state index is 9.18. The van der Waals surface area contributed by atoms with Crippen LogP contribution in [0.1, 0.15) is 0 Å². The zero-order valence-corrected chi connectivity index (χ0v) is 9.24. The minimum absolute atomic E-state index is 0.189. The van der Waals surface area contributed by atoms with E-state index in [-0.39, 0.29) is 6.44 Å². The Morgan fingerprint density at radius 1 is 0.824 bits per heavy atom. The van der Waals surface area contributed by atoms with Gasteiger partial charge in [0.25, 0.3) is 0 Å². The number of rotatable bonds is 2. The third-order valence-corrected chi connectivity index (χ3v) is 3.03. The molecule has 1 heterocycles. The molecule has 0 spiro atoms. The van der Waals surface area contributed by atoms with Crippen LogP contribution in [0.3, 0.4) is 0 Å². The van der Waals surface area contributed by atoms with Gasteiger partial charge in [0.05, 0.1) is 6.44 Å². The Kier molecular flexibility index (Phi) is 2.39. The van der Waals surface area contributed by atoms with Crippen molar-refractivity contribution in [1.29, 1.82) is 0 Å². The molecule has 0 bridgehead atoms. The number of para-hydroxylation sites is 2. The van der Waals surface area contributed by atoms with E-state index in [2.05, 4.69) is 12.1 Å². The van der Waals surface area contributed by atoms with E-state index in [9.17, 15) is 10.0 Å². The van der Waals surface area contributed by atoms with Gasteiger partial charge in [0, 0.05) is 21.8 Å². The summed E-state index contributed by atoms with van der Waals surface area (Å²) in [6.07, 6.45) is 0.189. The van der Waals surface area contributed by atoms with Crippen LogP contribution in [-0.4, -0.2) is 21.7 Å². The predicted octanol–water partition coefficient (Wildman–Crippen LogP) is 1.81. The van der Waals surface area contributed by atoms with E-state index >= 15 is 0 Å². The van der Waals surface area contributed by atoms with Crippen LogP contribution in [0.4, 0.5) is 0 Å². The topological polar surface area (TPSA) is 45.4 Å². The van der Waals surface area contributed by atoms with E-state index in [0.29, 0.717) is 0 Å². The number of hydrogen-bond donors (Lipinski definition) is 2. The fourth-order valence-electron chi connectivity index (χ4n) is 2.36. The molecule has 0 fully saturated rings. The van der Waals surface area contributed by atoms with Crippen LogP contribution in [0.15, 0.2) is 48.5 Å². The van der Waals surface area contributed by atoms with E-state index in [1.807, 2.05) is 41.0 Å². The molecule has 3 rings (SSSR count). The molecule has 4 heteroatoms. The largest absolute Gasteiger partial charge is 0.472 e. The molecule has 0 saturated carbocycles. The standard InChI is InChI=1S/C13H12BNO2/c16-14(17)9-15-12-7-3-1-5-10(12)11-6-2-4-8-13(11)15/h1-8,16-17H,9H2. The fourth-order valence-corrected chi connectivity index (χ4v) is 2.36. The molecular weight excluding hydrogens is 213 g/mol. The number of hydrogen-bond acceptors (Lipinski definition) is 2. The summed E-state index contributed by atoms with van der Waals surface area (Å²) in [4.78, 5) is 0. The summed E-state index contributed by atoms with van der Waals surface area (Å²) in [6, 6.07) is 16.0. The zero-order chi connectivity index (χ0) is 11.8. The van der Waals surface area contributed by atoms with Crippen molar-refractivity contribution in [3.63, 3.8) is 0 Å². The van der Waals surface area contributed by atoms with Crippen LogP contribution < -0.4 is 0 Å². The monoisotopic (exact) mass is 225 g/mol. The van der Waals surface area contributed by atoms with Gasteiger partial charge in [-0.05, 0) is 12.1 Å². The molecule has 17 heavy (non-hydrogen) atoms. The highest BCUT2D eigenvalue weighted by Crippen LogP contribution is 2.28. The second kappa shape index (κ2) is 3.91. The zero-order valence-electron chi connectivity index (χ0n) is 9.24. The van der Waals surface area contributed by atoms with Gasteiger partial charge in [-0.1, -0.05) is 36.4 Å². The van der Waals surface area contributed by atoms with E-state index in [0.717, 1.165) is 21.8 Å². The average molecular weight is 225 g/mol. The molecule has 0 amide bonds. The molecule has 0 atom stereocenters. The molecule has 0 aliphatic heterocycles. The molecule has 3 nitrogen and oxygen atoms in total. The van der Waals surface area contributed by atoms with E-state index in [1.54, 1.807) is 0 Å². The predicted molar refractivity (Wildman–Crippen MR) is 69.6 cm³/mol. The highest BCUT2D eigenvalue weighted by molar-refractivity contribution is 6.39. The summed E-state index contributed by atoms with van der Waals surface area (Å²) in [6.45, 7) is 0. The van der Waals surface area contributed by atoms with Gasteiger partial charge >= 0.3 is 7.12 Å². The van der Waals surface area contributed by atoms with Crippen molar-refractivity contribution in [2.24, 2.45) is 0 Å². The lowest BCUT2D eigenvalue weighted by molar-refractivity contribution is 0.394. The molecule has 0 aliphatic carbocycles. The molecule has 0 unspecified atom stereocenters. The van der Waals surface area contributed by atoms with Crippen molar-refractivity contribution in [2.75, 3.05) is 0 Å². The lowest BCUT2D eigenvalue weighted by Crippen LogP contribution is -2.20. The van der Waals surface area contributed by atoms with Crippen molar-refractivity contribution in [2.45, 2.75) is 6.44 Å². The summed E-state index contributed by atoms with van der Waals surface area (Å²) >= 11 is 0. The quantitative estimate of drug-likeness (QED) is 0.653. The summed E-state index contributed by atoms with van der Waals surface area (Å²) in [5, 5.41) is 20.6. The molecule has 84 valence electrons. The van der Waals surface area contributed by atoms with Gasteiger partial charge in [-0.3, -0.25) is 0 Å². The van der Waals surface area contributed by atoms with E-state index < -0.39 is 7.12 Å². The van der Waals surface area contributed by atoms with Crippen molar-refractivity contribution >= 4 is 28.9 Å². The maximum Gasteiger partial charge on any atom is 0.472 e. The van der Waals surface area contributed by atoms with Gasteiger partial charge in [-0.2, -0.15) is 0 Å². The Bertz CT molecular complexity index is 622. The van der Waals surface area contributed by atoms with Crippen LogP contribution >= 0.6 is 0 Å². The molecule has 3 aromatic rings. The summed E-state index contributed by atoms with van der Waals surface area (Å²) in [7, 11) is -1.34. The second-order valence-corrected chi connectivity index (χ2v) is 4.13. The second-order valence-electron chi connectivity index (χ2n) is 4.13. The molecule has 0 radical (unpaired) electrons. The summed E-state index contributed by atoms with van der Waals surface area (Å²) in [5.41, 5.74) is 2.06. The molecule has 2 N–H and O–H groups in total.